The van der Waals surface area contributed by atoms with Crippen molar-refractivity contribution in [1.29, 1.82) is 0 Å². The molecular formula is C23H30O7S. The molecule has 0 radical (unpaired) electrons. The van der Waals surface area contributed by atoms with Crippen LogP contribution in [-0.4, -0.2) is 61.0 Å². The summed E-state index contributed by atoms with van der Waals surface area (Å²) in [7, 11) is 0. The molecule has 4 rings (SSSR count). The second kappa shape index (κ2) is 10.7. The van der Waals surface area contributed by atoms with Crippen molar-refractivity contribution < 1.29 is 33.2 Å². The Morgan fingerprint density at radius 1 is 0.968 bits per heavy atom. The number of carbonyl (C=O) groups excluding carboxylic acids is 1. The fourth-order valence-corrected chi connectivity index (χ4v) is 4.83. The quantitative estimate of drug-likeness (QED) is 0.511. The summed E-state index contributed by atoms with van der Waals surface area (Å²) in [5, 5.41) is 0.0126. The van der Waals surface area contributed by atoms with Crippen LogP contribution in [0.4, 0.5) is 0 Å². The van der Waals surface area contributed by atoms with Crippen LogP contribution >= 0.6 is 12.2 Å². The number of ether oxygens (including phenoxy) is 6. The third-order valence-corrected chi connectivity index (χ3v) is 6.10. The first-order valence-corrected chi connectivity index (χ1v) is 11.5. The lowest BCUT2D eigenvalue weighted by molar-refractivity contribution is -0.190. The Morgan fingerprint density at radius 2 is 1.71 bits per heavy atom. The fourth-order valence-electron chi connectivity index (χ4n) is 4.61. The monoisotopic (exact) mass is 450 g/mol. The Balaban J connectivity index is 1.54. The molecule has 6 atom stereocenters. The molecule has 3 heterocycles. The van der Waals surface area contributed by atoms with Gasteiger partial charge in [-0.15, -0.1) is 0 Å². The van der Waals surface area contributed by atoms with E-state index in [0.717, 1.165) is 25.7 Å². The number of thiocarbonyl (C=S) groups is 1. The molecule has 31 heavy (non-hydrogen) atoms. The zero-order valence-electron chi connectivity index (χ0n) is 17.8. The minimum atomic E-state index is -0.467. The average molecular weight is 451 g/mol. The Morgan fingerprint density at radius 3 is 2.48 bits per heavy atom. The maximum atomic E-state index is 11.8. The summed E-state index contributed by atoms with van der Waals surface area (Å²) in [6, 6.07) is 9.25. The van der Waals surface area contributed by atoms with Crippen molar-refractivity contribution in [2.75, 3.05) is 13.2 Å². The van der Waals surface area contributed by atoms with E-state index in [2.05, 4.69) is 0 Å². The van der Waals surface area contributed by atoms with E-state index in [1.165, 1.54) is 6.92 Å². The van der Waals surface area contributed by atoms with Crippen LogP contribution in [0.3, 0.4) is 0 Å². The Hall–Kier alpha value is -1.74. The van der Waals surface area contributed by atoms with Crippen molar-refractivity contribution in [3.63, 3.8) is 0 Å². The predicted molar refractivity (Wildman–Crippen MR) is 116 cm³/mol. The SMILES string of the molecule is CC(=O)O[C@H]1CC(OC(=S)Oc2ccccc2)[C@H]2OCCC[C@@H]2O[C@@H]2CCCO[C@H]2C1. The second-order valence-electron chi connectivity index (χ2n) is 8.27. The Labute approximate surface area is 188 Å². The van der Waals surface area contributed by atoms with E-state index in [0.29, 0.717) is 31.8 Å². The summed E-state index contributed by atoms with van der Waals surface area (Å²) < 4.78 is 36.1. The topological polar surface area (TPSA) is 72.5 Å². The maximum absolute atomic E-state index is 11.8. The van der Waals surface area contributed by atoms with Gasteiger partial charge in [0.05, 0.1) is 18.3 Å². The van der Waals surface area contributed by atoms with Gasteiger partial charge in [-0.3, -0.25) is 4.79 Å². The number of para-hydroxylation sites is 1. The molecule has 3 fully saturated rings. The number of esters is 1. The summed E-state index contributed by atoms with van der Waals surface area (Å²) in [5.74, 6) is 0.268. The van der Waals surface area contributed by atoms with Crippen molar-refractivity contribution in [2.24, 2.45) is 0 Å². The van der Waals surface area contributed by atoms with Crippen LogP contribution in [-0.2, 0) is 28.5 Å². The molecule has 0 amide bonds. The molecule has 3 aliphatic rings. The van der Waals surface area contributed by atoms with Gasteiger partial charge in [0.1, 0.15) is 24.1 Å². The molecule has 8 heteroatoms. The lowest BCUT2D eigenvalue weighted by atomic mass is 9.95. The first kappa shape index (κ1) is 22.5. The third-order valence-electron chi connectivity index (χ3n) is 5.92. The molecule has 0 bridgehead atoms. The van der Waals surface area contributed by atoms with E-state index in [1.807, 2.05) is 30.3 Å². The second-order valence-corrected chi connectivity index (χ2v) is 8.60. The highest BCUT2D eigenvalue weighted by atomic mass is 32.1. The molecule has 0 saturated carbocycles. The number of fused-ring (bicyclic) bond motifs is 2. The molecule has 170 valence electrons. The van der Waals surface area contributed by atoms with E-state index in [1.54, 1.807) is 0 Å². The number of hydrogen-bond acceptors (Lipinski definition) is 8. The van der Waals surface area contributed by atoms with Gasteiger partial charge in [0.2, 0.25) is 0 Å². The van der Waals surface area contributed by atoms with Crippen molar-refractivity contribution >= 4 is 23.4 Å². The molecule has 1 aromatic carbocycles. The molecule has 1 unspecified atom stereocenters. The van der Waals surface area contributed by atoms with Gasteiger partial charge in [0, 0.05) is 45.2 Å². The van der Waals surface area contributed by atoms with E-state index >= 15 is 0 Å². The Kier molecular flexibility index (Phi) is 7.76. The average Bonchev–Trinajstić information content (AvgIpc) is 2.80. The molecule has 3 aliphatic heterocycles. The Bertz CT molecular complexity index is 743. The zero-order valence-corrected chi connectivity index (χ0v) is 18.6. The molecule has 0 aromatic heterocycles. The van der Waals surface area contributed by atoms with Gasteiger partial charge in [-0.05, 0) is 37.8 Å². The molecule has 0 spiro atoms. The van der Waals surface area contributed by atoms with Crippen LogP contribution in [0.2, 0.25) is 0 Å². The standard InChI is InChI=1S/C23H30O7S/c1-15(24)27-17-13-20-18(9-5-11-25-20)29-19-10-6-12-26-22(19)21(14-17)30-23(31)28-16-7-3-2-4-8-16/h2-4,7-8,17-22H,5-6,9-14H2,1H3/t17-,18-,19+,20+,21?,22+/m1/s1. The van der Waals surface area contributed by atoms with Crippen LogP contribution < -0.4 is 4.74 Å². The van der Waals surface area contributed by atoms with Gasteiger partial charge in [-0.25, -0.2) is 0 Å². The highest BCUT2D eigenvalue weighted by Crippen LogP contribution is 2.33. The molecule has 0 N–H and O–H groups in total. The summed E-state index contributed by atoms with van der Waals surface area (Å²) in [5.41, 5.74) is 0. The number of rotatable bonds is 3. The molecular weight excluding hydrogens is 420 g/mol. The number of carbonyl (C=O) groups is 1. The van der Waals surface area contributed by atoms with Crippen molar-refractivity contribution in [3.05, 3.63) is 30.3 Å². The number of benzene rings is 1. The highest BCUT2D eigenvalue weighted by Gasteiger charge is 2.43. The minimum Gasteiger partial charge on any atom is -0.462 e. The van der Waals surface area contributed by atoms with Crippen LogP contribution in [0, 0.1) is 0 Å². The van der Waals surface area contributed by atoms with Gasteiger partial charge in [-0.2, -0.15) is 0 Å². The predicted octanol–water partition coefficient (Wildman–Crippen LogP) is 3.57. The van der Waals surface area contributed by atoms with Crippen molar-refractivity contribution in [1.82, 2.24) is 0 Å². The highest BCUT2D eigenvalue weighted by molar-refractivity contribution is 7.79. The van der Waals surface area contributed by atoms with Gasteiger partial charge in [0.25, 0.3) is 0 Å². The lowest BCUT2D eigenvalue weighted by Gasteiger charge is -2.39. The first-order chi connectivity index (χ1) is 15.1. The largest absolute Gasteiger partial charge is 0.462 e. The van der Waals surface area contributed by atoms with Gasteiger partial charge in [-0.1, -0.05) is 18.2 Å². The van der Waals surface area contributed by atoms with Gasteiger partial charge >= 0.3 is 11.2 Å². The zero-order chi connectivity index (χ0) is 21.6. The fraction of sp³-hybridized carbons (Fsp3) is 0.652. The third kappa shape index (κ3) is 6.16. The van der Waals surface area contributed by atoms with Crippen molar-refractivity contribution in [3.8, 4) is 5.75 Å². The summed E-state index contributed by atoms with van der Waals surface area (Å²) in [6.07, 6.45) is 3.15. The minimum absolute atomic E-state index is 0.0126. The smallest absolute Gasteiger partial charge is 0.358 e. The molecule has 0 aliphatic carbocycles. The summed E-state index contributed by atoms with van der Waals surface area (Å²) in [4.78, 5) is 11.8. The molecule has 7 nitrogen and oxygen atoms in total. The number of hydrogen-bond donors (Lipinski definition) is 0. The summed E-state index contributed by atoms with van der Waals surface area (Å²) in [6.45, 7) is 2.73. The van der Waals surface area contributed by atoms with Crippen LogP contribution in [0.5, 0.6) is 5.75 Å². The molecule has 1 aromatic rings. The van der Waals surface area contributed by atoms with Gasteiger partial charge in [0.15, 0.2) is 0 Å². The first-order valence-electron chi connectivity index (χ1n) is 11.1. The van der Waals surface area contributed by atoms with Crippen LogP contribution in [0.1, 0.15) is 45.4 Å². The van der Waals surface area contributed by atoms with Crippen LogP contribution in [0.25, 0.3) is 0 Å². The van der Waals surface area contributed by atoms with E-state index in [-0.39, 0.29) is 41.7 Å². The van der Waals surface area contributed by atoms with E-state index in [4.69, 9.17) is 40.6 Å². The molecule has 3 saturated heterocycles. The lowest BCUT2D eigenvalue weighted by Crippen LogP contribution is -2.49. The van der Waals surface area contributed by atoms with Crippen molar-refractivity contribution in [2.45, 2.75) is 82.1 Å². The summed E-state index contributed by atoms with van der Waals surface area (Å²) >= 11 is 5.38. The normalized spacial score (nSPS) is 33.5. The maximum Gasteiger partial charge on any atom is 0.358 e. The van der Waals surface area contributed by atoms with E-state index < -0.39 is 6.10 Å². The van der Waals surface area contributed by atoms with Crippen LogP contribution in [0.15, 0.2) is 30.3 Å². The van der Waals surface area contributed by atoms with Gasteiger partial charge < -0.3 is 28.4 Å². The van der Waals surface area contributed by atoms with E-state index in [9.17, 15) is 4.79 Å².